The van der Waals surface area contributed by atoms with Crippen molar-refractivity contribution in [1.82, 2.24) is 4.90 Å². The predicted molar refractivity (Wildman–Crippen MR) is 77.9 cm³/mol. The molecule has 0 aromatic heterocycles. The fraction of sp³-hybridized carbons (Fsp3) is 0.533. The fourth-order valence-corrected chi connectivity index (χ4v) is 2.87. The molecular formula is C15H19N3O3. The molecule has 1 aliphatic rings. The zero-order valence-corrected chi connectivity index (χ0v) is 12.1. The molecule has 112 valence electrons. The number of ether oxygens (including phenoxy) is 1. The highest BCUT2D eigenvalue weighted by molar-refractivity contribution is 5.42. The second-order valence-corrected chi connectivity index (χ2v) is 5.30. The molecule has 6 heteroatoms. The van der Waals surface area contributed by atoms with E-state index in [1.807, 2.05) is 0 Å². The Labute approximate surface area is 124 Å². The minimum Gasteiger partial charge on any atom is -0.496 e. The van der Waals surface area contributed by atoms with E-state index in [0.717, 1.165) is 18.4 Å². The first kappa shape index (κ1) is 15.3. The Morgan fingerprint density at radius 3 is 2.71 bits per heavy atom. The summed E-state index contributed by atoms with van der Waals surface area (Å²) in [6.07, 6.45) is 4.55. The van der Waals surface area contributed by atoms with E-state index in [-0.39, 0.29) is 5.69 Å². The lowest BCUT2D eigenvalue weighted by Gasteiger charge is -2.26. The van der Waals surface area contributed by atoms with Gasteiger partial charge in [-0.2, -0.15) is 5.26 Å². The summed E-state index contributed by atoms with van der Waals surface area (Å²) in [7, 11) is 1.49. The zero-order chi connectivity index (χ0) is 15.2. The Morgan fingerprint density at radius 1 is 1.43 bits per heavy atom. The third-order valence-electron chi connectivity index (χ3n) is 3.90. The SMILES string of the molecule is COc1cc(CN(CC#N)C2CCCC2)cc([N+](=O)[O-])c1. The number of rotatable bonds is 6. The number of hydrogen-bond donors (Lipinski definition) is 0. The van der Waals surface area contributed by atoms with Gasteiger partial charge in [-0.25, -0.2) is 0 Å². The van der Waals surface area contributed by atoms with Crippen molar-refractivity contribution >= 4 is 5.69 Å². The van der Waals surface area contributed by atoms with E-state index >= 15 is 0 Å². The molecule has 0 N–H and O–H groups in total. The molecule has 0 heterocycles. The highest BCUT2D eigenvalue weighted by Gasteiger charge is 2.23. The summed E-state index contributed by atoms with van der Waals surface area (Å²) in [4.78, 5) is 12.7. The van der Waals surface area contributed by atoms with Gasteiger partial charge >= 0.3 is 0 Å². The molecule has 6 nitrogen and oxygen atoms in total. The maximum atomic E-state index is 11.0. The smallest absolute Gasteiger partial charge is 0.273 e. The maximum Gasteiger partial charge on any atom is 0.273 e. The third kappa shape index (κ3) is 3.92. The lowest BCUT2D eigenvalue weighted by atomic mass is 10.1. The van der Waals surface area contributed by atoms with Gasteiger partial charge in [-0.15, -0.1) is 0 Å². The average Bonchev–Trinajstić information content (AvgIpc) is 3.00. The zero-order valence-electron chi connectivity index (χ0n) is 12.1. The molecule has 0 atom stereocenters. The van der Waals surface area contributed by atoms with E-state index in [2.05, 4.69) is 11.0 Å². The van der Waals surface area contributed by atoms with Gasteiger partial charge in [0, 0.05) is 18.7 Å². The summed E-state index contributed by atoms with van der Waals surface area (Å²) in [6.45, 7) is 0.881. The van der Waals surface area contributed by atoms with Crippen LogP contribution in [0.2, 0.25) is 0 Å². The largest absolute Gasteiger partial charge is 0.496 e. The lowest BCUT2D eigenvalue weighted by molar-refractivity contribution is -0.385. The summed E-state index contributed by atoms with van der Waals surface area (Å²) < 4.78 is 5.12. The van der Waals surface area contributed by atoms with Gasteiger partial charge in [0.25, 0.3) is 5.69 Å². The lowest BCUT2D eigenvalue weighted by Crippen LogP contribution is -2.33. The van der Waals surface area contributed by atoms with Gasteiger partial charge in [0.1, 0.15) is 5.75 Å². The summed E-state index contributed by atoms with van der Waals surface area (Å²) in [5, 5.41) is 20.0. The molecule has 1 aliphatic carbocycles. The minimum absolute atomic E-state index is 0.0210. The number of benzene rings is 1. The van der Waals surface area contributed by atoms with E-state index in [4.69, 9.17) is 10.00 Å². The van der Waals surface area contributed by atoms with E-state index in [9.17, 15) is 10.1 Å². The van der Waals surface area contributed by atoms with Crippen LogP contribution >= 0.6 is 0 Å². The maximum absolute atomic E-state index is 11.0. The topological polar surface area (TPSA) is 79.4 Å². The van der Waals surface area contributed by atoms with Gasteiger partial charge in [-0.05, 0) is 24.5 Å². The molecule has 0 radical (unpaired) electrons. The average molecular weight is 289 g/mol. The Bertz CT molecular complexity index is 548. The molecule has 0 unspecified atom stereocenters. The molecule has 1 aromatic rings. The molecular weight excluding hydrogens is 270 g/mol. The summed E-state index contributed by atoms with van der Waals surface area (Å²) in [5.74, 6) is 0.475. The van der Waals surface area contributed by atoms with Crippen molar-refractivity contribution in [1.29, 1.82) is 5.26 Å². The van der Waals surface area contributed by atoms with E-state index in [1.165, 1.54) is 26.0 Å². The molecule has 0 aliphatic heterocycles. The van der Waals surface area contributed by atoms with E-state index in [0.29, 0.717) is 24.9 Å². The number of hydrogen-bond acceptors (Lipinski definition) is 5. The quantitative estimate of drug-likeness (QED) is 0.457. The second-order valence-electron chi connectivity index (χ2n) is 5.30. The van der Waals surface area contributed by atoms with Gasteiger partial charge < -0.3 is 4.74 Å². The highest BCUT2D eigenvalue weighted by atomic mass is 16.6. The van der Waals surface area contributed by atoms with Gasteiger partial charge in [0.2, 0.25) is 0 Å². The van der Waals surface area contributed by atoms with Crippen LogP contribution in [-0.2, 0) is 6.54 Å². The molecule has 2 rings (SSSR count). The van der Waals surface area contributed by atoms with Gasteiger partial charge in [-0.3, -0.25) is 15.0 Å². The normalized spacial score (nSPS) is 15.1. The highest BCUT2D eigenvalue weighted by Crippen LogP contribution is 2.27. The number of nitriles is 1. The van der Waals surface area contributed by atoms with Crippen LogP contribution in [0.3, 0.4) is 0 Å². The fourth-order valence-electron chi connectivity index (χ4n) is 2.87. The van der Waals surface area contributed by atoms with Crippen molar-refractivity contribution < 1.29 is 9.66 Å². The molecule has 1 saturated carbocycles. The first-order valence-electron chi connectivity index (χ1n) is 7.07. The monoisotopic (exact) mass is 289 g/mol. The number of methoxy groups -OCH3 is 1. The van der Waals surface area contributed by atoms with E-state index in [1.54, 1.807) is 12.1 Å². The molecule has 1 fully saturated rings. The van der Waals surface area contributed by atoms with Crippen LogP contribution in [0.1, 0.15) is 31.2 Å². The summed E-state index contributed by atoms with van der Waals surface area (Å²) >= 11 is 0. The number of nitro groups is 1. The standard InChI is InChI=1S/C15H19N3O3/c1-21-15-9-12(8-14(10-15)18(19)20)11-17(7-6-16)13-4-2-3-5-13/h8-10,13H,2-5,7,11H2,1H3. The van der Waals surface area contributed by atoms with Crippen molar-refractivity contribution in [2.75, 3.05) is 13.7 Å². The Kier molecular flexibility index (Phi) is 5.12. The summed E-state index contributed by atoms with van der Waals surface area (Å²) in [6, 6.07) is 7.36. The van der Waals surface area contributed by atoms with Crippen molar-refractivity contribution in [3.8, 4) is 11.8 Å². The van der Waals surface area contributed by atoms with Crippen molar-refractivity contribution in [3.05, 3.63) is 33.9 Å². The van der Waals surface area contributed by atoms with Crippen LogP contribution in [0.15, 0.2) is 18.2 Å². The van der Waals surface area contributed by atoms with Crippen LogP contribution in [-0.4, -0.2) is 29.5 Å². The van der Waals surface area contributed by atoms with Gasteiger partial charge in [0.15, 0.2) is 0 Å². The van der Waals surface area contributed by atoms with Crippen molar-refractivity contribution in [2.24, 2.45) is 0 Å². The first-order chi connectivity index (χ1) is 10.1. The van der Waals surface area contributed by atoms with Gasteiger partial charge in [0.05, 0.1) is 30.7 Å². The second kappa shape index (κ2) is 7.04. The van der Waals surface area contributed by atoms with Crippen molar-refractivity contribution in [3.63, 3.8) is 0 Å². The Morgan fingerprint density at radius 2 is 2.14 bits per heavy atom. The summed E-state index contributed by atoms with van der Waals surface area (Å²) in [5.41, 5.74) is 0.830. The van der Waals surface area contributed by atoms with Crippen LogP contribution in [0, 0.1) is 21.4 Å². The molecule has 0 saturated heterocycles. The Hall–Kier alpha value is -2.13. The molecule has 0 amide bonds. The number of non-ortho nitro benzene ring substituents is 1. The first-order valence-corrected chi connectivity index (χ1v) is 7.07. The van der Waals surface area contributed by atoms with E-state index < -0.39 is 4.92 Å². The minimum atomic E-state index is -0.420. The predicted octanol–water partition coefficient (Wildman–Crippen LogP) is 2.87. The van der Waals surface area contributed by atoms with Crippen LogP contribution < -0.4 is 4.74 Å². The van der Waals surface area contributed by atoms with Crippen molar-refractivity contribution in [2.45, 2.75) is 38.3 Å². The van der Waals surface area contributed by atoms with Gasteiger partial charge in [-0.1, -0.05) is 12.8 Å². The molecule has 0 bridgehead atoms. The third-order valence-corrected chi connectivity index (χ3v) is 3.90. The van der Waals surface area contributed by atoms with Crippen LogP contribution in [0.25, 0.3) is 0 Å². The Balaban J connectivity index is 2.20. The number of nitrogens with zero attached hydrogens (tertiary/aromatic N) is 3. The molecule has 21 heavy (non-hydrogen) atoms. The van der Waals surface area contributed by atoms with Crippen LogP contribution in [0.5, 0.6) is 5.75 Å². The molecule has 0 spiro atoms. The number of nitro benzene ring substituents is 1. The van der Waals surface area contributed by atoms with Crippen LogP contribution in [0.4, 0.5) is 5.69 Å². The molecule has 1 aromatic carbocycles.